The number of hydrogen-bond donors (Lipinski definition) is 0. The molecule has 0 N–H and O–H groups in total. The summed E-state index contributed by atoms with van der Waals surface area (Å²) in [7, 11) is 3.67. The third-order valence-corrected chi connectivity index (χ3v) is 4.17. The second kappa shape index (κ2) is 7.49. The molecule has 0 saturated heterocycles. The van der Waals surface area contributed by atoms with Crippen molar-refractivity contribution >= 4 is 6.08 Å². The van der Waals surface area contributed by atoms with Crippen molar-refractivity contribution in [2.24, 2.45) is 7.05 Å². The molecule has 2 aromatic heterocycles. The van der Waals surface area contributed by atoms with Gasteiger partial charge in [-0.05, 0) is 26.0 Å². The molecule has 1 aromatic carbocycles. The molecule has 25 heavy (non-hydrogen) atoms. The van der Waals surface area contributed by atoms with Crippen LogP contribution in [0.25, 0.3) is 17.3 Å². The zero-order valence-corrected chi connectivity index (χ0v) is 15.2. The van der Waals surface area contributed by atoms with Gasteiger partial charge in [0.25, 0.3) is 0 Å². The largest absolute Gasteiger partial charge is 0.382 e. The number of hydrogen-bond acceptors (Lipinski definition) is 3. The zero-order valence-electron chi connectivity index (χ0n) is 15.2. The summed E-state index contributed by atoms with van der Waals surface area (Å²) in [5, 5.41) is 4.31. The highest BCUT2D eigenvalue weighted by molar-refractivity contribution is 5.71. The maximum absolute atomic E-state index is 5.50. The van der Waals surface area contributed by atoms with E-state index in [-0.39, 0.29) is 6.04 Å². The molecule has 2 heterocycles. The van der Waals surface area contributed by atoms with Gasteiger partial charge in [-0.3, -0.25) is 4.68 Å². The van der Waals surface area contributed by atoms with E-state index in [0.717, 1.165) is 22.6 Å². The first-order valence-electron chi connectivity index (χ1n) is 8.35. The molecule has 3 aromatic rings. The van der Waals surface area contributed by atoms with Crippen molar-refractivity contribution in [3.8, 4) is 11.3 Å². The maximum atomic E-state index is 5.50. The second-order valence-electron chi connectivity index (χ2n) is 6.32. The average Bonchev–Trinajstić information content (AvgIpc) is 3.20. The zero-order chi connectivity index (χ0) is 17.8. The number of methoxy groups -OCH3 is 1. The predicted molar refractivity (Wildman–Crippen MR) is 100 cm³/mol. The molecule has 0 fully saturated rings. The number of rotatable bonds is 6. The van der Waals surface area contributed by atoms with Gasteiger partial charge in [0.1, 0.15) is 6.04 Å². The van der Waals surface area contributed by atoms with Gasteiger partial charge in [-0.1, -0.05) is 35.9 Å². The summed E-state index contributed by atoms with van der Waals surface area (Å²) < 4.78 is 9.57. The molecule has 130 valence electrons. The minimum absolute atomic E-state index is 0.00747. The van der Waals surface area contributed by atoms with Crippen molar-refractivity contribution in [2.45, 2.75) is 19.9 Å². The Morgan fingerprint density at radius 1 is 1.20 bits per heavy atom. The lowest BCUT2D eigenvalue weighted by Gasteiger charge is -2.20. The van der Waals surface area contributed by atoms with Crippen LogP contribution in [0.15, 0.2) is 54.5 Å². The predicted octanol–water partition coefficient (Wildman–Crippen LogP) is 3.94. The summed E-state index contributed by atoms with van der Waals surface area (Å²) in [6, 6.07) is 12.3. The van der Waals surface area contributed by atoms with Crippen LogP contribution >= 0.6 is 0 Å². The first-order chi connectivity index (χ1) is 12.1. The molecule has 0 saturated carbocycles. The van der Waals surface area contributed by atoms with E-state index in [4.69, 9.17) is 9.72 Å². The summed E-state index contributed by atoms with van der Waals surface area (Å²) in [6.45, 7) is 4.75. The number of allylic oxidation sites excluding steroid dienone is 1. The second-order valence-corrected chi connectivity index (χ2v) is 6.32. The topological polar surface area (TPSA) is 44.9 Å². The van der Waals surface area contributed by atoms with Crippen LogP contribution in [0, 0.1) is 0 Å². The molecule has 0 aliphatic carbocycles. The molecular formula is C20H24N4O. The molecule has 0 aliphatic rings. The van der Waals surface area contributed by atoms with E-state index in [2.05, 4.69) is 41.7 Å². The Morgan fingerprint density at radius 3 is 2.56 bits per heavy atom. The van der Waals surface area contributed by atoms with Crippen LogP contribution in [-0.2, 0) is 11.8 Å². The Morgan fingerprint density at radius 2 is 1.96 bits per heavy atom. The van der Waals surface area contributed by atoms with E-state index in [1.165, 1.54) is 5.57 Å². The van der Waals surface area contributed by atoms with Crippen molar-refractivity contribution in [3.05, 3.63) is 65.9 Å². The number of imidazole rings is 1. The maximum Gasteiger partial charge on any atom is 0.100 e. The molecule has 0 radical (unpaired) electrons. The number of nitrogens with zero attached hydrogens (tertiary/aromatic N) is 4. The lowest BCUT2D eigenvalue weighted by molar-refractivity contribution is 0.166. The van der Waals surface area contributed by atoms with E-state index in [1.54, 1.807) is 7.11 Å². The molecule has 3 rings (SSSR count). The van der Waals surface area contributed by atoms with E-state index in [9.17, 15) is 0 Å². The van der Waals surface area contributed by atoms with Crippen molar-refractivity contribution < 1.29 is 4.74 Å². The SMILES string of the molecule is COC[C@@H](c1ccnn1C)n1cnc(-c2ccccc2)c1C=C(C)C. The van der Waals surface area contributed by atoms with Gasteiger partial charge in [-0.25, -0.2) is 4.98 Å². The minimum Gasteiger partial charge on any atom is -0.382 e. The van der Waals surface area contributed by atoms with E-state index in [1.807, 2.05) is 48.5 Å². The van der Waals surface area contributed by atoms with Crippen LogP contribution in [-0.4, -0.2) is 33.0 Å². The van der Waals surface area contributed by atoms with Gasteiger partial charge in [-0.15, -0.1) is 0 Å². The summed E-state index contributed by atoms with van der Waals surface area (Å²) in [5.41, 5.74) is 5.47. The van der Waals surface area contributed by atoms with E-state index >= 15 is 0 Å². The molecule has 0 aliphatic heterocycles. The number of aromatic nitrogens is 4. The first-order valence-corrected chi connectivity index (χ1v) is 8.35. The highest BCUT2D eigenvalue weighted by atomic mass is 16.5. The molecule has 0 spiro atoms. The third kappa shape index (κ3) is 3.56. The molecule has 1 atom stereocenters. The van der Waals surface area contributed by atoms with Gasteiger partial charge in [-0.2, -0.15) is 5.10 Å². The van der Waals surface area contributed by atoms with Crippen molar-refractivity contribution in [1.82, 2.24) is 19.3 Å². The molecule has 0 amide bonds. The highest BCUT2D eigenvalue weighted by Gasteiger charge is 2.22. The Hall–Kier alpha value is -2.66. The number of aryl methyl sites for hydroxylation is 1. The molecule has 0 bridgehead atoms. The van der Waals surface area contributed by atoms with Crippen molar-refractivity contribution in [1.29, 1.82) is 0 Å². The first kappa shape index (κ1) is 17.2. The van der Waals surface area contributed by atoms with E-state index in [0.29, 0.717) is 6.61 Å². The Balaban J connectivity index is 2.16. The van der Waals surface area contributed by atoms with Gasteiger partial charge in [0.15, 0.2) is 0 Å². The van der Waals surface area contributed by atoms with Crippen LogP contribution in [0.3, 0.4) is 0 Å². The fourth-order valence-corrected chi connectivity index (χ4v) is 3.03. The van der Waals surface area contributed by atoms with Crippen LogP contribution in [0.1, 0.15) is 31.3 Å². The normalized spacial score (nSPS) is 12.2. The summed E-state index contributed by atoms with van der Waals surface area (Å²) in [4.78, 5) is 4.72. The van der Waals surface area contributed by atoms with Gasteiger partial charge >= 0.3 is 0 Å². The quantitative estimate of drug-likeness (QED) is 0.685. The standard InChI is InChI=1S/C20H24N4O/c1-15(2)12-18-20(16-8-6-5-7-9-16)21-14-24(18)19(13-25-4)17-10-11-22-23(17)3/h5-12,14,19H,13H2,1-4H3/t19-/m0/s1. The Kier molecular flexibility index (Phi) is 5.14. The van der Waals surface area contributed by atoms with Gasteiger partial charge < -0.3 is 9.30 Å². The third-order valence-electron chi connectivity index (χ3n) is 4.17. The van der Waals surface area contributed by atoms with Crippen molar-refractivity contribution in [2.75, 3.05) is 13.7 Å². The lowest BCUT2D eigenvalue weighted by Crippen LogP contribution is -2.20. The number of benzene rings is 1. The van der Waals surface area contributed by atoms with Crippen LogP contribution in [0.4, 0.5) is 0 Å². The minimum atomic E-state index is 0.00747. The van der Waals surface area contributed by atoms with Crippen LogP contribution in [0.5, 0.6) is 0 Å². The van der Waals surface area contributed by atoms with Gasteiger partial charge in [0, 0.05) is 25.9 Å². The summed E-state index contributed by atoms with van der Waals surface area (Å²) in [5.74, 6) is 0. The fraction of sp³-hybridized carbons (Fsp3) is 0.300. The summed E-state index contributed by atoms with van der Waals surface area (Å²) in [6.07, 6.45) is 5.88. The van der Waals surface area contributed by atoms with Gasteiger partial charge in [0.05, 0.1) is 30.0 Å². The van der Waals surface area contributed by atoms with Crippen LogP contribution in [0.2, 0.25) is 0 Å². The molecular weight excluding hydrogens is 312 g/mol. The van der Waals surface area contributed by atoms with E-state index < -0.39 is 0 Å². The van der Waals surface area contributed by atoms with Crippen LogP contribution < -0.4 is 0 Å². The smallest absolute Gasteiger partial charge is 0.100 e. The highest BCUT2D eigenvalue weighted by Crippen LogP contribution is 2.29. The Labute approximate surface area is 148 Å². The van der Waals surface area contributed by atoms with Gasteiger partial charge in [0.2, 0.25) is 0 Å². The van der Waals surface area contributed by atoms with Crippen molar-refractivity contribution in [3.63, 3.8) is 0 Å². The Bertz CT molecular complexity index is 857. The number of ether oxygens (including phenoxy) is 1. The fourth-order valence-electron chi connectivity index (χ4n) is 3.03. The molecule has 0 unspecified atom stereocenters. The molecule has 5 nitrogen and oxygen atoms in total. The lowest BCUT2D eigenvalue weighted by atomic mass is 10.1. The monoisotopic (exact) mass is 336 g/mol. The summed E-state index contributed by atoms with van der Waals surface area (Å²) >= 11 is 0. The molecule has 5 heteroatoms. The average molecular weight is 336 g/mol.